The van der Waals surface area contributed by atoms with Crippen molar-refractivity contribution in [1.29, 1.82) is 0 Å². The van der Waals surface area contributed by atoms with Gasteiger partial charge in [0.2, 0.25) is 11.3 Å². The quantitative estimate of drug-likeness (QED) is 0.669. The number of hydrogen-bond donors (Lipinski definition) is 0. The molecular formula is C20H20N2O4S2. The van der Waals surface area contributed by atoms with Crippen molar-refractivity contribution in [2.45, 2.75) is 25.6 Å². The zero-order valence-electron chi connectivity index (χ0n) is 15.6. The number of rotatable bonds is 6. The molecule has 0 radical (unpaired) electrons. The Hall–Kier alpha value is -2.32. The standard InChI is InChI=1S/C20H20N2O4S2/c1-3-26-20(25)19-22(17(24)10-11-27-13(2)23)21-18(28-19)16-9-8-14-6-4-5-7-15(14)12-16/h4-9,12,19H,3,10-11H2,1-2H3. The second-order valence-corrected chi connectivity index (χ2v) is 8.36. The van der Waals surface area contributed by atoms with Crippen LogP contribution in [-0.2, 0) is 19.1 Å². The van der Waals surface area contributed by atoms with Crippen molar-refractivity contribution >= 4 is 56.3 Å². The van der Waals surface area contributed by atoms with Crippen LogP contribution < -0.4 is 0 Å². The van der Waals surface area contributed by atoms with Gasteiger partial charge in [0.15, 0.2) is 5.12 Å². The third-order valence-corrected chi connectivity index (χ3v) is 5.98. The van der Waals surface area contributed by atoms with E-state index >= 15 is 0 Å². The van der Waals surface area contributed by atoms with Crippen molar-refractivity contribution in [2.75, 3.05) is 12.4 Å². The fourth-order valence-corrected chi connectivity index (χ4v) is 4.32. The molecule has 0 bridgehead atoms. The largest absolute Gasteiger partial charge is 0.464 e. The first-order chi connectivity index (χ1) is 13.5. The normalized spacial score (nSPS) is 16.1. The number of thioether (sulfide) groups is 2. The van der Waals surface area contributed by atoms with Gasteiger partial charge in [-0.3, -0.25) is 9.59 Å². The highest BCUT2D eigenvalue weighted by Crippen LogP contribution is 2.32. The maximum Gasteiger partial charge on any atom is 0.341 e. The molecule has 0 aliphatic carbocycles. The number of ether oxygens (including phenoxy) is 1. The van der Waals surface area contributed by atoms with Gasteiger partial charge in [-0.05, 0) is 23.8 Å². The lowest BCUT2D eigenvalue weighted by Gasteiger charge is -2.18. The predicted molar refractivity (Wildman–Crippen MR) is 113 cm³/mol. The van der Waals surface area contributed by atoms with Crippen LogP contribution in [0.15, 0.2) is 47.6 Å². The topological polar surface area (TPSA) is 76.0 Å². The molecule has 0 saturated heterocycles. The first kappa shape index (κ1) is 20.4. The van der Waals surface area contributed by atoms with E-state index in [1.807, 2.05) is 42.5 Å². The highest BCUT2D eigenvalue weighted by molar-refractivity contribution is 8.15. The van der Waals surface area contributed by atoms with E-state index in [2.05, 4.69) is 5.10 Å². The molecule has 1 unspecified atom stereocenters. The zero-order chi connectivity index (χ0) is 20.1. The Morgan fingerprint density at radius 3 is 2.64 bits per heavy atom. The van der Waals surface area contributed by atoms with Gasteiger partial charge in [0, 0.05) is 24.7 Å². The summed E-state index contributed by atoms with van der Waals surface area (Å²) in [7, 11) is 0. The molecule has 1 amide bonds. The van der Waals surface area contributed by atoms with Gasteiger partial charge in [-0.1, -0.05) is 59.9 Å². The molecule has 8 heteroatoms. The number of nitrogens with zero attached hydrogens (tertiary/aromatic N) is 2. The SMILES string of the molecule is CCOC(=O)C1SC(c2ccc3ccccc3c2)=NN1C(=O)CCSC(C)=O. The van der Waals surface area contributed by atoms with E-state index in [0.717, 1.165) is 28.1 Å². The smallest absolute Gasteiger partial charge is 0.341 e. The van der Waals surface area contributed by atoms with Crippen molar-refractivity contribution < 1.29 is 19.1 Å². The summed E-state index contributed by atoms with van der Waals surface area (Å²) in [6, 6.07) is 13.9. The van der Waals surface area contributed by atoms with E-state index in [4.69, 9.17) is 4.74 Å². The fraction of sp³-hybridized carbons (Fsp3) is 0.300. The first-order valence-electron chi connectivity index (χ1n) is 8.86. The molecule has 1 aliphatic rings. The number of hydrogen-bond acceptors (Lipinski definition) is 7. The van der Waals surface area contributed by atoms with Crippen molar-refractivity contribution in [2.24, 2.45) is 5.10 Å². The van der Waals surface area contributed by atoms with Crippen molar-refractivity contribution in [1.82, 2.24) is 5.01 Å². The summed E-state index contributed by atoms with van der Waals surface area (Å²) in [4.78, 5) is 36.1. The predicted octanol–water partition coefficient (Wildman–Crippen LogP) is 3.64. The van der Waals surface area contributed by atoms with Crippen LogP contribution in [0.2, 0.25) is 0 Å². The highest BCUT2D eigenvalue weighted by atomic mass is 32.2. The second kappa shape index (κ2) is 9.25. The van der Waals surface area contributed by atoms with E-state index in [-0.39, 0.29) is 24.1 Å². The monoisotopic (exact) mass is 416 g/mol. The average Bonchev–Trinajstić information content (AvgIpc) is 3.13. The van der Waals surface area contributed by atoms with Gasteiger partial charge >= 0.3 is 5.97 Å². The molecule has 0 fully saturated rings. The van der Waals surface area contributed by atoms with E-state index in [0.29, 0.717) is 10.8 Å². The van der Waals surface area contributed by atoms with Crippen molar-refractivity contribution in [3.05, 3.63) is 48.0 Å². The minimum absolute atomic E-state index is 0.0501. The Morgan fingerprint density at radius 2 is 1.93 bits per heavy atom. The molecule has 1 atom stereocenters. The van der Waals surface area contributed by atoms with Gasteiger partial charge in [-0.15, -0.1) is 0 Å². The van der Waals surface area contributed by atoms with Crippen molar-refractivity contribution in [3.63, 3.8) is 0 Å². The molecular weight excluding hydrogens is 396 g/mol. The number of fused-ring (bicyclic) bond motifs is 1. The Balaban J connectivity index is 1.84. The minimum atomic E-state index is -0.851. The van der Waals surface area contributed by atoms with Crippen LogP contribution in [0.25, 0.3) is 10.8 Å². The average molecular weight is 417 g/mol. The molecule has 0 saturated carbocycles. The Kier molecular flexibility index (Phi) is 6.74. The van der Waals surface area contributed by atoms with Crippen LogP contribution in [-0.4, -0.2) is 44.8 Å². The van der Waals surface area contributed by atoms with Crippen LogP contribution in [0.4, 0.5) is 0 Å². The zero-order valence-corrected chi connectivity index (χ0v) is 17.2. The molecule has 1 aliphatic heterocycles. The van der Waals surface area contributed by atoms with Gasteiger partial charge in [0.25, 0.3) is 0 Å². The molecule has 3 rings (SSSR count). The van der Waals surface area contributed by atoms with Crippen LogP contribution in [0.5, 0.6) is 0 Å². The lowest BCUT2D eigenvalue weighted by atomic mass is 10.1. The minimum Gasteiger partial charge on any atom is -0.464 e. The maximum absolute atomic E-state index is 12.6. The van der Waals surface area contributed by atoms with E-state index in [1.54, 1.807) is 6.92 Å². The van der Waals surface area contributed by atoms with Gasteiger partial charge in [0.1, 0.15) is 5.04 Å². The Morgan fingerprint density at radius 1 is 1.18 bits per heavy atom. The lowest BCUT2D eigenvalue weighted by molar-refractivity contribution is -0.150. The summed E-state index contributed by atoms with van der Waals surface area (Å²) >= 11 is 2.28. The number of benzene rings is 2. The highest BCUT2D eigenvalue weighted by Gasteiger charge is 2.38. The first-order valence-corrected chi connectivity index (χ1v) is 10.7. The summed E-state index contributed by atoms with van der Waals surface area (Å²) in [5, 5.41) is 7.45. The van der Waals surface area contributed by atoms with E-state index in [1.165, 1.54) is 23.7 Å². The molecule has 2 aromatic rings. The summed E-state index contributed by atoms with van der Waals surface area (Å²) < 4.78 is 5.12. The maximum atomic E-state index is 12.6. The van der Waals surface area contributed by atoms with E-state index in [9.17, 15) is 14.4 Å². The molecule has 0 N–H and O–H groups in total. The molecule has 28 heavy (non-hydrogen) atoms. The fourth-order valence-electron chi connectivity index (χ4n) is 2.72. The van der Waals surface area contributed by atoms with Crippen molar-refractivity contribution in [3.8, 4) is 0 Å². The third-order valence-electron chi connectivity index (χ3n) is 4.01. The van der Waals surface area contributed by atoms with Gasteiger partial charge in [-0.25, -0.2) is 9.80 Å². The molecule has 2 aromatic carbocycles. The number of hydrazone groups is 1. The Labute approximate surface area is 171 Å². The number of amides is 1. The second-order valence-electron chi connectivity index (χ2n) is 6.02. The number of carbonyl (C=O) groups is 3. The van der Waals surface area contributed by atoms with Crippen LogP contribution in [0.1, 0.15) is 25.8 Å². The number of esters is 1. The summed E-state index contributed by atoms with van der Waals surface area (Å²) in [6.07, 6.45) is 0.120. The lowest BCUT2D eigenvalue weighted by Crippen LogP contribution is -2.38. The van der Waals surface area contributed by atoms with Gasteiger partial charge < -0.3 is 4.74 Å². The summed E-state index contributed by atoms with van der Waals surface area (Å²) in [5.41, 5.74) is 0.839. The summed E-state index contributed by atoms with van der Waals surface area (Å²) in [6.45, 7) is 3.40. The summed E-state index contributed by atoms with van der Waals surface area (Å²) in [5.74, 6) is -0.458. The van der Waals surface area contributed by atoms with Gasteiger partial charge in [-0.2, -0.15) is 5.10 Å². The van der Waals surface area contributed by atoms with Crippen LogP contribution in [0, 0.1) is 0 Å². The Bertz CT molecular complexity index is 945. The van der Waals surface area contributed by atoms with Crippen LogP contribution >= 0.6 is 23.5 Å². The van der Waals surface area contributed by atoms with E-state index < -0.39 is 11.3 Å². The third kappa shape index (κ3) is 4.74. The van der Waals surface area contributed by atoms with Gasteiger partial charge in [0.05, 0.1) is 6.61 Å². The molecule has 0 spiro atoms. The molecule has 0 aromatic heterocycles. The van der Waals surface area contributed by atoms with Crippen LogP contribution in [0.3, 0.4) is 0 Å². The molecule has 1 heterocycles. The molecule has 6 nitrogen and oxygen atoms in total. The number of carbonyl (C=O) groups excluding carboxylic acids is 3. The molecule has 146 valence electrons.